The summed E-state index contributed by atoms with van der Waals surface area (Å²) in [5.74, 6) is 1.98. The molecule has 2 N–H and O–H groups in total. The topological polar surface area (TPSA) is 81.2 Å². The highest BCUT2D eigenvalue weighted by Crippen LogP contribution is 2.30. The van der Waals surface area contributed by atoms with Crippen LogP contribution in [0.4, 0.5) is 23.1 Å². The van der Waals surface area contributed by atoms with Crippen molar-refractivity contribution in [1.29, 1.82) is 0 Å². The molecule has 7 nitrogen and oxygen atoms in total. The van der Waals surface area contributed by atoms with Gasteiger partial charge in [0.2, 0.25) is 5.95 Å². The molecule has 9 heteroatoms. The van der Waals surface area contributed by atoms with Gasteiger partial charge < -0.3 is 20.1 Å². The zero-order chi connectivity index (χ0) is 18.5. The molecule has 0 saturated heterocycles. The first kappa shape index (κ1) is 18.0. The number of ether oxygens (including phenoxy) is 2. The number of benzene rings is 2. The number of nitrogens with zero attached hydrogens (tertiary/aromatic N) is 3. The average Bonchev–Trinajstić information content (AvgIpc) is 2.62. The first-order valence-electron chi connectivity index (χ1n) is 7.50. The summed E-state index contributed by atoms with van der Waals surface area (Å²) in [6, 6.07) is 10.5. The van der Waals surface area contributed by atoms with Crippen molar-refractivity contribution in [3.63, 3.8) is 0 Å². The van der Waals surface area contributed by atoms with Crippen molar-refractivity contribution in [3.8, 4) is 11.5 Å². The maximum Gasteiger partial charge on any atom is 0.249 e. The van der Waals surface area contributed by atoms with Gasteiger partial charge in [0.1, 0.15) is 11.5 Å². The van der Waals surface area contributed by atoms with Crippen molar-refractivity contribution in [1.82, 2.24) is 15.2 Å². The van der Waals surface area contributed by atoms with Gasteiger partial charge in [-0.25, -0.2) is 0 Å². The monoisotopic (exact) mass is 391 g/mol. The largest absolute Gasteiger partial charge is 0.495 e. The van der Waals surface area contributed by atoms with Crippen LogP contribution >= 0.6 is 23.2 Å². The van der Waals surface area contributed by atoms with Gasteiger partial charge in [0, 0.05) is 10.7 Å². The molecule has 0 aliphatic heterocycles. The van der Waals surface area contributed by atoms with Gasteiger partial charge in [-0.15, -0.1) is 5.10 Å². The molecule has 0 fully saturated rings. The molecule has 0 aliphatic carbocycles. The zero-order valence-electron chi connectivity index (χ0n) is 14.0. The van der Waals surface area contributed by atoms with Crippen molar-refractivity contribution in [3.05, 3.63) is 52.6 Å². The van der Waals surface area contributed by atoms with Crippen LogP contribution in [0.2, 0.25) is 10.0 Å². The predicted octanol–water partition coefficient (Wildman–Crippen LogP) is 4.68. The lowest BCUT2D eigenvalue weighted by Gasteiger charge is -2.11. The molecule has 0 bridgehead atoms. The standard InChI is InChI=1S/C17H15Cl2N5O2/c1-25-14-6-4-11(8-12(14)19)21-16-9-20-24-17(23-16)22-13-7-10(18)3-5-15(13)26-2/h3-9H,1-2H3,(H2,21,22,23,24). The Morgan fingerprint density at radius 1 is 0.923 bits per heavy atom. The van der Waals surface area contributed by atoms with E-state index in [1.807, 2.05) is 6.07 Å². The number of anilines is 4. The molecule has 0 spiro atoms. The number of aromatic nitrogens is 3. The molecule has 2 aromatic carbocycles. The Labute approximate surface area is 160 Å². The van der Waals surface area contributed by atoms with E-state index < -0.39 is 0 Å². The van der Waals surface area contributed by atoms with Gasteiger partial charge in [0.15, 0.2) is 5.82 Å². The van der Waals surface area contributed by atoms with Gasteiger partial charge in [-0.3, -0.25) is 0 Å². The zero-order valence-corrected chi connectivity index (χ0v) is 15.5. The van der Waals surface area contributed by atoms with Gasteiger partial charge >= 0.3 is 0 Å². The Morgan fingerprint density at radius 3 is 2.42 bits per heavy atom. The SMILES string of the molecule is COc1ccc(Nc2cnnc(Nc3cc(Cl)ccc3OC)n2)cc1Cl. The maximum absolute atomic E-state index is 6.13. The van der Waals surface area contributed by atoms with E-state index in [1.54, 1.807) is 44.6 Å². The first-order valence-corrected chi connectivity index (χ1v) is 8.25. The Bertz CT molecular complexity index is 923. The summed E-state index contributed by atoms with van der Waals surface area (Å²) < 4.78 is 10.4. The minimum absolute atomic E-state index is 0.287. The number of hydrogen-bond acceptors (Lipinski definition) is 7. The minimum Gasteiger partial charge on any atom is -0.495 e. The van der Waals surface area contributed by atoms with Crippen LogP contribution in [0.1, 0.15) is 0 Å². The second-order valence-electron chi connectivity index (χ2n) is 5.11. The summed E-state index contributed by atoms with van der Waals surface area (Å²) in [7, 11) is 3.13. The summed E-state index contributed by atoms with van der Waals surface area (Å²) in [5, 5.41) is 15.1. The maximum atomic E-state index is 6.13. The van der Waals surface area contributed by atoms with Gasteiger partial charge in [0.05, 0.1) is 31.1 Å². The van der Waals surface area contributed by atoms with Crippen LogP contribution in [0.25, 0.3) is 0 Å². The Kier molecular flexibility index (Phi) is 5.60. The van der Waals surface area contributed by atoms with E-state index in [4.69, 9.17) is 32.7 Å². The number of hydrogen-bond donors (Lipinski definition) is 2. The van der Waals surface area contributed by atoms with Crippen LogP contribution in [-0.4, -0.2) is 29.4 Å². The molecule has 0 amide bonds. The van der Waals surface area contributed by atoms with Gasteiger partial charge in [-0.05, 0) is 36.4 Å². The average molecular weight is 392 g/mol. The van der Waals surface area contributed by atoms with Crippen LogP contribution in [0.3, 0.4) is 0 Å². The summed E-state index contributed by atoms with van der Waals surface area (Å²) in [4.78, 5) is 4.37. The van der Waals surface area contributed by atoms with Crippen LogP contribution in [-0.2, 0) is 0 Å². The summed E-state index contributed by atoms with van der Waals surface area (Å²) in [6.45, 7) is 0. The summed E-state index contributed by atoms with van der Waals surface area (Å²) in [6.07, 6.45) is 1.50. The lowest BCUT2D eigenvalue weighted by molar-refractivity contribution is 0.415. The van der Waals surface area contributed by atoms with E-state index in [9.17, 15) is 0 Å². The highest BCUT2D eigenvalue weighted by Gasteiger charge is 2.08. The molecule has 0 unspecified atom stereocenters. The van der Waals surface area contributed by atoms with Gasteiger partial charge in [-0.2, -0.15) is 10.1 Å². The third-order valence-electron chi connectivity index (χ3n) is 3.39. The Balaban J connectivity index is 1.80. The van der Waals surface area contributed by atoms with E-state index in [-0.39, 0.29) is 5.95 Å². The van der Waals surface area contributed by atoms with Crippen LogP contribution < -0.4 is 20.1 Å². The lowest BCUT2D eigenvalue weighted by Crippen LogP contribution is -2.03. The molecule has 1 heterocycles. The molecule has 1 aromatic heterocycles. The Morgan fingerprint density at radius 2 is 1.69 bits per heavy atom. The molecule has 0 atom stereocenters. The molecule has 0 aliphatic rings. The van der Waals surface area contributed by atoms with E-state index in [2.05, 4.69) is 25.8 Å². The van der Waals surface area contributed by atoms with Crippen molar-refractivity contribution < 1.29 is 9.47 Å². The number of methoxy groups -OCH3 is 2. The van der Waals surface area contributed by atoms with E-state index in [1.165, 1.54) is 6.20 Å². The van der Waals surface area contributed by atoms with Gasteiger partial charge in [0.25, 0.3) is 0 Å². The van der Waals surface area contributed by atoms with Crippen LogP contribution in [0.15, 0.2) is 42.6 Å². The third-order valence-corrected chi connectivity index (χ3v) is 3.92. The third kappa shape index (κ3) is 4.25. The first-order chi connectivity index (χ1) is 12.6. The summed E-state index contributed by atoms with van der Waals surface area (Å²) >= 11 is 12.2. The predicted molar refractivity (Wildman–Crippen MR) is 102 cm³/mol. The molecule has 134 valence electrons. The van der Waals surface area contributed by atoms with Crippen LogP contribution in [0, 0.1) is 0 Å². The fourth-order valence-electron chi connectivity index (χ4n) is 2.21. The van der Waals surface area contributed by atoms with Gasteiger partial charge in [-0.1, -0.05) is 23.2 Å². The van der Waals surface area contributed by atoms with Crippen LogP contribution in [0.5, 0.6) is 11.5 Å². The molecular formula is C17H15Cl2N5O2. The normalized spacial score (nSPS) is 10.3. The van der Waals surface area contributed by atoms with E-state index >= 15 is 0 Å². The number of rotatable bonds is 6. The quantitative estimate of drug-likeness (QED) is 0.630. The molecule has 0 saturated carbocycles. The smallest absolute Gasteiger partial charge is 0.249 e. The highest BCUT2D eigenvalue weighted by atomic mass is 35.5. The molecule has 3 aromatic rings. The van der Waals surface area contributed by atoms with Crippen molar-refractivity contribution >= 4 is 46.3 Å². The molecular weight excluding hydrogens is 377 g/mol. The lowest BCUT2D eigenvalue weighted by atomic mass is 10.3. The fourth-order valence-corrected chi connectivity index (χ4v) is 2.64. The van der Waals surface area contributed by atoms with Crippen molar-refractivity contribution in [2.75, 3.05) is 24.9 Å². The Hall–Kier alpha value is -2.77. The van der Waals surface area contributed by atoms with E-state index in [0.29, 0.717) is 33.0 Å². The van der Waals surface area contributed by atoms with E-state index in [0.717, 1.165) is 5.69 Å². The summed E-state index contributed by atoms with van der Waals surface area (Å²) in [5.41, 5.74) is 1.37. The highest BCUT2D eigenvalue weighted by molar-refractivity contribution is 6.32. The second-order valence-corrected chi connectivity index (χ2v) is 5.95. The number of nitrogens with one attached hydrogen (secondary N) is 2. The second kappa shape index (κ2) is 8.07. The number of halogens is 2. The molecule has 3 rings (SSSR count). The minimum atomic E-state index is 0.287. The molecule has 26 heavy (non-hydrogen) atoms. The van der Waals surface area contributed by atoms with Crippen molar-refractivity contribution in [2.24, 2.45) is 0 Å². The molecule has 0 radical (unpaired) electrons. The fraction of sp³-hybridized carbons (Fsp3) is 0.118. The van der Waals surface area contributed by atoms with Crippen molar-refractivity contribution in [2.45, 2.75) is 0 Å².